The second kappa shape index (κ2) is 3.25. The third kappa shape index (κ3) is 1.35. The molecule has 0 N–H and O–H groups in total. The van der Waals surface area contributed by atoms with E-state index in [-0.39, 0.29) is 0 Å². The van der Waals surface area contributed by atoms with E-state index in [9.17, 15) is 0 Å². The predicted molar refractivity (Wildman–Crippen MR) is 53.1 cm³/mol. The third-order valence-corrected chi connectivity index (χ3v) is 2.95. The maximum atomic E-state index is 5.31. The third-order valence-electron chi connectivity index (χ3n) is 1.96. The van der Waals surface area contributed by atoms with Gasteiger partial charge in [-0.05, 0) is 0 Å². The Balaban J connectivity index is 2.67. The van der Waals surface area contributed by atoms with Crippen LogP contribution in [-0.4, -0.2) is 19.0 Å². The van der Waals surface area contributed by atoms with Crippen molar-refractivity contribution in [3.63, 3.8) is 0 Å². The molecule has 12 heavy (non-hydrogen) atoms. The molecule has 1 nitrogen and oxygen atoms in total. The molecule has 0 saturated heterocycles. The van der Waals surface area contributed by atoms with Gasteiger partial charge in [0.05, 0.1) is 0 Å². The molecule has 0 bridgehead atoms. The average molecular weight is 215 g/mol. The second-order valence-corrected chi connectivity index (χ2v) is 3.57. The van der Waals surface area contributed by atoms with Crippen LogP contribution in [0.5, 0.6) is 5.75 Å². The minimum atomic E-state index is 0.426. The molecule has 0 heterocycles. The normalized spacial score (nSPS) is 10.0. The summed E-state index contributed by atoms with van der Waals surface area (Å²) in [6.45, 7) is 0. The number of fused-ring (bicyclic) bond motifs is 1. The molecular formula is C10H9GaO. The van der Waals surface area contributed by atoms with Gasteiger partial charge in [0.1, 0.15) is 0 Å². The van der Waals surface area contributed by atoms with Gasteiger partial charge in [0.25, 0.3) is 0 Å². The van der Waals surface area contributed by atoms with Gasteiger partial charge in [0.15, 0.2) is 0 Å². The zero-order valence-electron chi connectivity index (χ0n) is 6.95. The number of hydrogen-bond acceptors (Lipinski definition) is 1. The molecule has 0 spiro atoms. The molecule has 2 aromatic carbocycles. The Labute approximate surface area is 81.7 Å². The number of hydrogen-bond donors (Lipinski definition) is 0. The first kappa shape index (κ1) is 7.77. The predicted octanol–water partition coefficient (Wildman–Crippen LogP) is 1.77. The van der Waals surface area contributed by atoms with Gasteiger partial charge in [-0.3, -0.25) is 0 Å². The quantitative estimate of drug-likeness (QED) is 0.658. The molecule has 2 heteroatoms. The van der Waals surface area contributed by atoms with Crippen molar-refractivity contribution in [1.82, 2.24) is 0 Å². The van der Waals surface area contributed by atoms with Gasteiger partial charge in [-0.15, -0.1) is 0 Å². The average Bonchev–Trinajstić information content (AvgIpc) is 2.17. The zero-order valence-corrected chi connectivity index (χ0v) is 11.1. The molecule has 0 fully saturated rings. The Bertz CT molecular complexity index is 398. The molecule has 0 aliphatic heterocycles. The summed E-state index contributed by atoms with van der Waals surface area (Å²) in [7, 11) is 0. The van der Waals surface area contributed by atoms with Crippen molar-refractivity contribution in [2.45, 2.75) is 0 Å². The van der Waals surface area contributed by atoms with Crippen LogP contribution in [0.25, 0.3) is 10.8 Å². The summed E-state index contributed by atoms with van der Waals surface area (Å²) in [6, 6.07) is 14.5. The van der Waals surface area contributed by atoms with Crippen LogP contribution in [-0.2, 0) is 0 Å². The van der Waals surface area contributed by atoms with Crippen molar-refractivity contribution in [2.75, 3.05) is 0 Å². The molecule has 58 valence electrons. The van der Waals surface area contributed by atoms with Gasteiger partial charge in [-0.1, -0.05) is 0 Å². The first-order valence-electron chi connectivity index (χ1n) is 3.93. The molecule has 0 atom stereocenters. The summed E-state index contributed by atoms with van der Waals surface area (Å²) in [5, 5.41) is 2.52. The van der Waals surface area contributed by atoms with Crippen molar-refractivity contribution in [2.24, 2.45) is 0 Å². The van der Waals surface area contributed by atoms with Crippen LogP contribution in [0, 0.1) is 0 Å². The fourth-order valence-electron chi connectivity index (χ4n) is 1.29. The van der Waals surface area contributed by atoms with Crippen molar-refractivity contribution >= 4 is 29.7 Å². The maximum absolute atomic E-state index is 5.31. The van der Waals surface area contributed by atoms with E-state index in [1.54, 1.807) is 0 Å². The SMILES string of the molecule is [GaH2][O]c1ccc2ccccc2c1. The number of rotatable bonds is 1. The summed E-state index contributed by atoms with van der Waals surface area (Å²) in [5.41, 5.74) is 0. The minimum absolute atomic E-state index is 0.426. The summed E-state index contributed by atoms with van der Waals surface area (Å²) in [4.78, 5) is 0. The molecule has 2 rings (SSSR count). The molecule has 2 aromatic rings. The summed E-state index contributed by atoms with van der Waals surface area (Å²) >= 11 is 0.426. The van der Waals surface area contributed by atoms with Crippen LogP contribution in [0.3, 0.4) is 0 Å². The van der Waals surface area contributed by atoms with Crippen LogP contribution in [0.4, 0.5) is 0 Å². The van der Waals surface area contributed by atoms with Crippen LogP contribution in [0.1, 0.15) is 0 Å². The van der Waals surface area contributed by atoms with E-state index in [4.69, 9.17) is 3.53 Å². The van der Waals surface area contributed by atoms with Gasteiger partial charge in [0.2, 0.25) is 0 Å². The van der Waals surface area contributed by atoms with E-state index in [0.717, 1.165) is 5.75 Å². The summed E-state index contributed by atoms with van der Waals surface area (Å²) < 4.78 is 5.31. The Morgan fingerprint density at radius 3 is 2.42 bits per heavy atom. The van der Waals surface area contributed by atoms with E-state index in [0.29, 0.717) is 19.0 Å². The first-order chi connectivity index (χ1) is 5.90. The van der Waals surface area contributed by atoms with Crippen LogP contribution < -0.4 is 3.53 Å². The Kier molecular flexibility index (Phi) is 2.10. The Morgan fingerprint density at radius 1 is 0.917 bits per heavy atom. The Hall–Kier alpha value is -0.864. The van der Waals surface area contributed by atoms with Gasteiger partial charge >= 0.3 is 81.5 Å². The fraction of sp³-hybridized carbons (Fsp3) is 0. The zero-order chi connectivity index (χ0) is 8.39. The van der Waals surface area contributed by atoms with Gasteiger partial charge in [-0.25, -0.2) is 0 Å². The van der Waals surface area contributed by atoms with E-state index < -0.39 is 0 Å². The number of benzene rings is 2. The molecular weight excluding hydrogens is 206 g/mol. The topological polar surface area (TPSA) is 9.23 Å². The fourth-order valence-corrected chi connectivity index (χ4v) is 1.83. The van der Waals surface area contributed by atoms with Crippen LogP contribution in [0.15, 0.2) is 42.5 Å². The molecule has 0 aromatic heterocycles. The van der Waals surface area contributed by atoms with E-state index in [2.05, 4.69) is 24.3 Å². The first-order valence-corrected chi connectivity index (χ1v) is 5.64. The summed E-state index contributed by atoms with van der Waals surface area (Å²) in [5.74, 6) is 0.994. The molecule has 0 aliphatic rings. The van der Waals surface area contributed by atoms with Crippen LogP contribution in [0.2, 0.25) is 0 Å². The van der Waals surface area contributed by atoms with Gasteiger partial charge in [0, 0.05) is 0 Å². The van der Waals surface area contributed by atoms with Crippen LogP contribution >= 0.6 is 0 Å². The second-order valence-electron chi connectivity index (χ2n) is 2.71. The summed E-state index contributed by atoms with van der Waals surface area (Å²) in [6.07, 6.45) is 0. The van der Waals surface area contributed by atoms with Crippen molar-refractivity contribution < 1.29 is 3.53 Å². The van der Waals surface area contributed by atoms with Crippen molar-refractivity contribution in [3.05, 3.63) is 42.5 Å². The Morgan fingerprint density at radius 2 is 1.67 bits per heavy atom. The molecule has 0 saturated carbocycles. The monoisotopic (exact) mass is 214 g/mol. The van der Waals surface area contributed by atoms with E-state index >= 15 is 0 Å². The standard InChI is InChI=1S/C10H8O.Ga.2H/c11-10-6-5-8-3-1-2-4-9(8)7-10;;;/h1-7,11H;;;/q;+1;;/p-1. The molecule has 0 radical (unpaired) electrons. The van der Waals surface area contributed by atoms with E-state index in [1.807, 2.05) is 18.2 Å². The molecule has 0 aliphatic carbocycles. The van der Waals surface area contributed by atoms with E-state index in [1.165, 1.54) is 10.8 Å². The molecule has 0 unspecified atom stereocenters. The van der Waals surface area contributed by atoms with Crippen molar-refractivity contribution in [1.29, 1.82) is 0 Å². The van der Waals surface area contributed by atoms with Crippen molar-refractivity contribution in [3.8, 4) is 5.75 Å². The van der Waals surface area contributed by atoms with Gasteiger partial charge in [-0.2, -0.15) is 0 Å². The molecule has 0 amide bonds. The van der Waals surface area contributed by atoms with Gasteiger partial charge < -0.3 is 0 Å².